The van der Waals surface area contributed by atoms with Crippen molar-refractivity contribution in [2.24, 2.45) is 5.92 Å². The van der Waals surface area contributed by atoms with Gasteiger partial charge in [0.1, 0.15) is 6.10 Å². The van der Waals surface area contributed by atoms with Crippen LogP contribution in [0.2, 0.25) is 0 Å². The van der Waals surface area contributed by atoms with Gasteiger partial charge in [-0.3, -0.25) is 9.59 Å². The molecule has 1 saturated carbocycles. The van der Waals surface area contributed by atoms with Gasteiger partial charge in [0.2, 0.25) is 0 Å². The minimum absolute atomic E-state index is 0.198. The molecule has 0 aliphatic heterocycles. The molecule has 0 heterocycles. The molecule has 0 amide bonds. The highest BCUT2D eigenvalue weighted by Crippen LogP contribution is 2.23. The number of ether oxygens (including phenoxy) is 2. The molecule has 0 spiro atoms. The first kappa shape index (κ1) is 19.5. The van der Waals surface area contributed by atoms with Gasteiger partial charge in [0.15, 0.2) is 0 Å². The van der Waals surface area contributed by atoms with E-state index < -0.39 is 0 Å². The van der Waals surface area contributed by atoms with Crippen LogP contribution in [0.1, 0.15) is 64.2 Å². The highest BCUT2D eigenvalue weighted by molar-refractivity contribution is 5.72. The summed E-state index contributed by atoms with van der Waals surface area (Å²) in [4.78, 5) is 23.4. The summed E-state index contributed by atoms with van der Waals surface area (Å²) in [5.74, 6) is 0.0344. The first-order valence-electron chi connectivity index (χ1n) is 8.72. The summed E-state index contributed by atoms with van der Waals surface area (Å²) in [7, 11) is 0. The third-order valence-corrected chi connectivity index (χ3v) is 4.12. The predicted octanol–water partition coefficient (Wildman–Crippen LogP) is 4.34. The summed E-state index contributed by atoms with van der Waals surface area (Å²) in [6, 6.07) is 0. The number of hydrogen-bond donors (Lipinski definition) is 0. The summed E-state index contributed by atoms with van der Waals surface area (Å²) < 4.78 is 10.6. The molecule has 0 N–H and O–H groups in total. The van der Waals surface area contributed by atoms with Crippen LogP contribution in [0, 0.1) is 5.92 Å². The van der Waals surface area contributed by atoms with Gasteiger partial charge in [-0.25, -0.2) is 0 Å². The van der Waals surface area contributed by atoms with Crippen molar-refractivity contribution in [3.63, 3.8) is 0 Å². The lowest BCUT2D eigenvalue weighted by Gasteiger charge is -2.21. The van der Waals surface area contributed by atoms with Gasteiger partial charge in [-0.2, -0.15) is 0 Å². The monoisotopic (exact) mass is 322 g/mol. The summed E-state index contributed by atoms with van der Waals surface area (Å²) in [6.45, 7) is 7.83. The van der Waals surface area contributed by atoms with Crippen molar-refractivity contribution in [1.29, 1.82) is 0 Å². The summed E-state index contributed by atoms with van der Waals surface area (Å²) >= 11 is 0. The molecule has 130 valence electrons. The molecular formula is C19H30O4. The first-order valence-corrected chi connectivity index (χ1v) is 8.72. The quantitative estimate of drug-likeness (QED) is 0.419. The van der Waals surface area contributed by atoms with Crippen LogP contribution >= 0.6 is 0 Å². The molecule has 4 nitrogen and oxygen atoms in total. The van der Waals surface area contributed by atoms with Crippen LogP contribution in [-0.2, 0) is 19.1 Å². The van der Waals surface area contributed by atoms with E-state index in [9.17, 15) is 9.59 Å². The van der Waals surface area contributed by atoms with Crippen LogP contribution in [0.25, 0.3) is 0 Å². The Kier molecular flexibility index (Phi) is 10.1. The maximum atomic E-state index is 11.7. The highest BCUT2D eigenvalue weighted by atomic mass is 16.5. The van der Waals surface area contributed by atoms with Gasteiger partial charge in [-0.15, -0.1) is 13.2 Å². The Balaban J connectivity index is 2.11. The van der Waals surface area contributed by atoms with Gasteiger partial charge in [0.25, 0.3) is 0 Å². The Bertz CT molecular complexity index is 373. The van der Waals surface area contributed by atoms with E-state index in [1.165, 1.54) is 19.3 Å². The largest absolute Gasteiger partial charge is 0.465 e. The van der Waals surface area contributed by atoms with Gasteiger partial charge < -0.3 is 9.47 Å². The second-order valence-corrected chi connectivity index (χ2v) is 6.20. The van der Waals surface area contributed by atoms with Crippen molar-refractivity contribution < 1.29 is 19.1 Å². The zero-order valence-electron chi connectivity index (χ0n) is 14.1. The van der Waals surface area contributed by atoms with E-state index >= 15 is 0 Å². The lowest BCUT2D eigenvalue weighted by atomic mass is 9.90. The highest BCUT2D eigenvalue weighted by Gasteiger charge is 2.16. The van der Waals surface area contributed by atoms with Crippen LogP contribution < -0.4 is 0 Å². The molecule has 4 heteroatoms. The first-order chi connectivity index (χ1) is 11.2. The van der Waals surface area contributed by atoms with E-state index in [0.29, 0.717) is 31.8 Å². The molecule has 1 aliphatic rings. The Hall–Kier alpha value is -1.58. The van der Waals surface area contributed by atoms with Gasteiger partial charge in [0, 0.05) is 25.7 Å². The lowest BCUT2D eigenvalue weighted by Crippen LogP contribution is -2.18. The predicted molar refractivity (Wildman–Crippen MR) is 90.9 cm³/mol. The summed E-state index contributed by atoms with van der Waals surface area (Å²) in [6.07, 6.45) is 11.6. The molecule has 0 aromatic rings. The van der Waals surface area contributed by atoms with Crippen LogP contribution in [0.3, 0.4) is 0 Å². The Morgan fingerprint density at radius 2 is 1.61 bits per heavy atom. The molecule has 23 heavy (non-hydrogen) atoms. The van der Waals surface area contributed by atoms with Crippen molar-refractivity contribution in [3.05, 3.63) is 25.3 Å². The molecule has 0 atom stereocenters. The maximum absolute atomic E-state index is 11.7. The van der Waals surface area contributed by atoms with Crippen molar-refractivity contribution in [3.8, 4) is 0 Å². The van der Waals surface area contributed by atoms with Crippen molar-refractivity contribution in [2.75, 3.05) is 6.61 Å². The second-order valence-electron chi connectivity index (χ2n) is 6.20. The molecule has 0 bridgehead atoms. The van der Waals surface area contributed by atoms with E-state index in [1.54, 1.807) is 12.2 Å². The third kappa shape index (κ3) is 9.22. The SMILES string of the molecule is C=CCC(CC=C)OC(=O)CCCC(=O)OCC1CCCCC1. The topological polar surface area (TPSA) is 52.6 Å². The second kappa shape index (κ2) is 11.9. The third-order valence-electron chi connectivity index (χ3n) is 4.12. The fraction of sp³-hybridized carbons (Fsp3) is 0.684. The molecule has 0 aromatic heterocycles. The summed E-state index contributed by atoms with van der Waals surface area (Å²) in [5, 5.41) is 0. The maximum Gasteiger partial charge on any atom is 0.306 e. The normalized spacial score (nSPS) is 15.2. The van der Waals surface area contributed by atoms with Crippen LogP contribution in [0.5, 0.6) is 0 Å². The van der Waals surface area contributed by atoms with Crippen molar-refractivity contribution in [2.45, 2.75) is 70.3 Å². The van der Waals surface area contributed by atoms with E-state index in [4.69, 9.17) is 9.47 Å². The molecule has 0 unspecified atom stereocenters. The Morgan fingerprint density at radius 1 is 1.00 bits per heavy atom. The Labute approximate surface area is 139 Å². The van der Waals surface area contributed by atoms with Crippen LogP contribution in [0.4, 0.5) is 0 Å². The number of rotatable bonds is 11. The van der Waals surface area contributed by atoms with E-state index in [0.717, 1.165) is 12.8 Å². The minimum Gasteiger partial charge on any atom is -0.465 e. The number of esters is 2. The van der Waals surface area contributed by atoms with E-state index in [2.05, 4.69) is 13.2 Å². The van der Waals surface area contributed by atoms with Gasteiger partial charge >= 0.3 is 11.9 Å². The Morgan fingerprint density at radius 3 is 2.22 bits per heavy atom. The van der Waals surface area contributed by atoms with Gasteiger partial charge in [-0.05, 0) is 25.2 Å². The average molecular weight is 322 g/mol. The lowest BCUT2D eigenvalue weighted by molar-refractivity contribution is -0.149. The molecule has 1 fully saturated rings. The van der Waals surface area contributed by atoms with Gasteiger partial charge in [-0.1, -0.05) is 31.4 Å². The molecule has 0 saturated heterocycles. The molecule has 0 radical (unpaired) electrons. The fourth-order valence-electron chi connectivity index (χ4n) is 2.82. The minimum atomic E-state index is -0.279. The fourth-order valence-corrected chi connectivity index (χ4v) is 2.82. The number of carbonyl (C=O) groups excluding carboxylic acids is 2. The molecule has 0 aromatic carbocycles. The molecule has 1 rings (SSSR count). The number of hydrogen-bond acceptors (Lipinski definition) is 4. The standard InChI is InChI=1S/C19H30O4/c1-3-9-17(10-4-2)23-19(21)14-8-13-18(20)22-15-16-11-6-5-7-12-16/h3-4,16-17H,1-2,5-15H2. The van der Waals surface area contributed by atoms with Crippen LogP contribution in [0.15, 0.2) is 25.3 Å². The van der Waals surface area contributed by atoms with Gasteiger partial charge in [0.05, 0.1) is 6.61 Å². The van der Waals surface area contributed by atoms with Crippen molar-refractivity contribution in [1.82, 2.24) is 0 Å². The smallest absolute Gasteiger partial charge is 0.306 e. The zero-order chi connectivity index (χ0) is 16.9. The zero-order valence-corrected chi connectivity index (χ0v) is 14.1. The number of carbonyl (C=O) groups is 2. The summed E-state index contributed by atoms with van der Waals surface area (Å²) in [5.41, 5.74) is 0. The van der Waals surface area contributed by atoms with E-state index in [1.807, 2.05) is 0 Å². The van der Waals surface area contributed by atoms with Crippen LogP contribution in [-0.4, -0.2) is 24.6 Å². The molecule has 1 aliphatic carbocycles. The van der Waals surface area contributed by atoms with E-state index in [-0.39, 0.29) is 30.9 Å². The average Bonchev–Trinajstić information content (AvgIpc) is 2.54. The molecular weight excluding hydrogens is 292 g/mol. The van der Waals surface area contributed by atoms with Crippen molar-refractivity contribution >= 4 is 11.9 Å².